The van der Waals surface area contributed by atoms with E-state index in [4.69, 9.17) is 15.5 Å². The Morgan fingerprint density at radius 2 is 2.06 bits per heavy atom. The Morgan fingerprint density at radius 1 is 1.23 bits per heavy atom. The highest BCUT2D eigenvalue weighted by Crippen LogP contribution is 2.58. The van der Waals surface area contributed by atoms with Gasteiger partial charge < -0.3 is 15.0 Å². The van der Waals surface area contributed by atoms with Gasteiger partial charge >= 0.3 is 6.09 Å². The molecule has 6 unspecified atom stereocenters. The fraction of sp³-hybridized carbons (Fsp3) is 0.615. The lowest BCUT2D eigenvalue weighted by Gasteiger charge is -2.47. The van der Waals surface area contributed by atoms with Crippen molar-refractivity contribution in [1.82, 2.24) is 14.5 Å². The molecular formula is C26H32N4O4S. The van der Waals surface area contributed by atoms with Gasteiger partial charge in [-0.25, -0.2) is 9.78 Å². The van der Waals surface area contributed by atoms with Gasteiger partial charge in [0.05, 0.1) is 11.7 Å². The van der Waals surface area contributed by atoms with Gasteiger partial charge in [-0.15, -0.1) is 11.3 Å². The molecule has 4 bridgehead atoms. The van der Waals surface area contributed by atoms with E-state index < -0.39 is 5.41 Å². The number of thiazole rings is 1. The van der Waals surface area contributed by atoms with E-state index >= 15 is 0 Å². The maximum absolute atomic E-state index is 13.5. The highest BCUT2D eigenvalue weighted by atomic mass is 32.1. The fourth-order valence-corrected chi connectivity index (χ4v) is 8.26. The van der Waals surface area contributed by atoms with Gasteiger partial charge in [-0.1, -0.05) is 0 Å². The maximum Gasteiger partial charge on any atom is 0.410 e. The van der Waals surface area contributed by atoms with Crippen LogP contribution >= 0.6 is 11.3 Å². The molecule has 5 fully saturated rings. The molecule has 186 valence electrons. The summed E-state index contributed by atoms with van der Waals surface area (Å²) in [5, 5.41) is 2.84. The van der Waals surface area contributed by atoms with Gasteiger partial charge in [-0.2, -0.15) is 0 Å². The van der Waals surface area contributed by atoms with Crippen molar-refractivity contribution >= 4 is 23.3 Å². The van der Waals surface area contributed by atoms with E-state index in [0.717, 1.165) is 67.6 Å². The molecule has 3 heterocycles. The summed E-state index contributed by atoms with van der Waals surface area (Å²) < 4.78 is 7.79. The monoisotopic (exact) mass is 496 g/mol. The van der Waals surface area contributed by atoms with Gasteiger partial charge in [0.2, 0.25) is 5.91 Å². The molecule has 2 aromatic heterocycles. The number of carbonyl (C=O) groups excluding carboxylic acids is 2. The minimum Gasteiger partial charge on any atom is -0.445 e. The van der Waals surface area contributed by atoms with Gasteiger partial charge in [0.15, 0.2) is 0 Å². The Balaban J connectivity index is 1.19. The summed E-state index contributed by atoms with van der Waals surface area (Å²) in [6, 6.07) is 3.37. The lowest BCUT2D eigenvalue weighted by Crippen LogP contribution is -2.49. The van der Waals surface area contributed by atoms with Crippen molar-refractivity contribution in [2.45, 2.75) is 63.5 Å². The third-order valence-electron chi connectivity index (χ3n) is 8.98. The highest BCUT2D eigenvalue weighted by molar-refractivity contribution is 7.10. The molecular weight excluding hydrogens is 464 g/mol. The summed E-state index contributed by atoms with van der Waals surface area (Å²) in [5.41, 5.74) is 6.93. The van der Waals surface area contributed by atoms with Gasteiger partial charge in [0.25, 0.3) is 5.56 Å². The van der Waals surface area contributed by atoms with Crippen LogP contribution in [0.15, 0.2) is 28.5 Å². The van der Waals surface area contributed by atoms with Crippen LogP contribution in [0.1, 0.15) is 62.4 Å². The number of hydrogen-bond acceptors (Lipinski definition) is 6. The van der Waals surface area contributed by atoms with E-state index in [1.165, 1.54) is 15.9 Å². The van der Waals surface area contributed by atoms with Crippen LogP contribution in [0.4, 0.5) is 4.79 Å². The quantitative estimate of drug-likeness (QED) is 0.692. The fourth-order valence-electron chi connectivity index (χ4n) is 7.28. The van der Waals surface area contributed by atoms with Gasteiger partial charge in [0, 0.05) is 42.2 Å². The predicted octanol–water partition coefficient (Wildman–Crippen LogP) is 3.85. The van der Waals surface area contributed by atoms with Crippen LogP contribution in [0.3, 0.4) is 0 Å². The van der Waals surface area contributed by atoms with E-state index in [1.54, 1.807) is 19.3 Å². The molecule has 2 amide bonds. The van der Waals surface area contributed by atoms with Crippen molar-refractivity contribution in [3.8, 4) is 11.3 Å². The predicted molar refractivity (Wildman–Crippen MR) is 132 cm³/mol. The number of rotatable bonds is 4. The summed E-state index contributed by atoms with van der Waals surface area (Å²) in [4.78, 5) is 44.5. The number of primary amides is 1. The molecule has 6 atom stereocenters. The number of hydrogen-bond donors (Lipinski definition) is 1. The molecule has 7 rings (SSSR count). The molecule has 4 saturated carbocycles. The number of nitrogens with zero attached hydrogens (tertiary/aromatic N) is 3. The molecule has 2 aromatic rings. The van der Waals surface area contributed by atoms with E-state index in [0.29, 0.717) is 18.4 Å². The summed E-state index contributed by atoms with van der Waals surface area (Å²) in [7, 11) is 1.72. The van der Waals surface area contributed by atoms with Crippen molar-refractivity contribution < 1.29 is 14.3 Å². The van der Waals surface area contributed by atoms with Crippen LogP contribution in [-0.2, 0) is 16.6 Å². The smallest absolute Gasteiger partial charge is 0.410 e. The summed E-state index contributed by atoms with van der Waals surface area (Å²) in [6.45, 7) is 0.653. The average molecular weight is 497 g/mol. The van der Waals surface area contributed by atoms with E-state index in [2.05, 4.69) is 0 Å². The number of nitrogens with two attached hydrogens (primary N) is 1. The SMILES string of the molecule is Cn1ccc(-c2csc(C3CCCN3C(=O)OC3C4CCC5(C(N)=O)CC(C4)CC3C5)n2)cc1=O. The number of likely N-dealkylation sites (tertiary alicyclic amines) is 1. The molecule has 35 heavy (non-hydrogen) atoms. The molecule has 2 N–H and O–H groups in total. The number of amides is 2. The van der Waals surface area contributed by atoms with Crippen LogP contribution in [0.25, 0.3) is 11.3 Å². The Kier molecular flexibility index (Phi) is 5.51. The molecule has 9 heteroatoms. The number of fused-ring (bicyclic) bond motifs is 1. The summed E-state index contributed by atoms with van der Waals surface area (Å²) in [5.74, 6) is 0.890. The third kappa shape index (κ3) is 3.88. The van der Waals surface area contributed by atoms with Gasteiger partial charge in [-0.3, -0.25) is 14.5 Å². The van der Waals surface area contributed by atoms with Crippen molar-refractivity contribution in [2.75, 3.05) is 6.54 Å². The molecule has 1 saturated heterocycles. The molecule has 5 aliphatic rings. The lowest BCUT2D eigenvalue weighted by atomic mass is 9.60. The van der Waals surface area contributed by atoms with Crippen LogP contribution in [0, 0.1) is 23.2 Å². The molecule has 0 spiro atoms. The van der Waals surface area contributed by atoms with E-state index in [9.17, 15) is 14.4 Å². The molecule has 8 nitrogen and oxygen atoms in total. The van der Waals surface area contributed by atoms with Crippen LogP contribution in [-0.4, -0.2) is 39.1 Å². The standard InChI is InChI=1S/C26H32N4O4S/c1-29-8-5-16(11-21(29)31)19-14-35-23(28-19)20-3-2-7-30(20)25(33)34-22-17-4-6-26(24(27)32)12-15(9-17)10-18(22)13-26/h5,8,11,14-15,17-18,20,22H,2-4,6-7,9-10,12-13H2,1H3,(H2,27,32). The minimum atomic E-state index is -0.407. The first kappa shape index (κ1) is 22.8. The first-order chi connectivity index (χ1) is 16.8. The summed E-state index contributed by atoms with van der Waals surface area (Å²) >= 11 is 1.53. The number of carbonyl (C=O) groups is 2. The largest absolute Gasteiger partial charge is 0.445 e. The van der Waals surface area contributed by atoms with E-state index in [1.807, 2.05) is 16.3 Å². The average Bonchev–Trinajstić information content (AvgIpc) is 3.47. The second kappa shape index (κ2) is 8.47. The molecule has 0 radical (unpaired) electrons. The molecule has 4 aliphatic carbocycles. The zero-order valence-electron chi connectivity index (χ0n) is 20.0. The second-order valence-electron chi connectivity index (χ2n) is 11.1. The van der Waals surface area contributed by atoms with E-state index in [-0.39, 0.29) is 35.6 Å². The Morgan fingerprint density at radius 3 is 2.86 bits per heavy atom. The zero-order chi connectivity index (χ0) is 24.3. The van der Waals surface area contributed by atoms with Gasteiger partial charge in [0.1, 0.15) is 11.1 Å². The first-order valence-corrected chi connectivity index (χ1v) is 13.6. The Hall–Kier alpha value is -2.68. The molecule has 1 aliphatic heterocycles. The Bertz CT molecular complexity index is 1220. The van der Waals surface area contributed by atoms with Gasteiger partial charge in [-0.05, 0) is 75.2 Å². The zero-order valence-corrected chi connectivity index (χ0v) is 20.8. The van der Waals surface area contributed by atoms with Crippen molar-refractivity contribution in [3.05, 3.63) is 39.1 Å². The van der Waals surface area contributed by atoms with Crippen molar-refractivity contribution in [3.63, 3.8) is 0 Å². The number of pyridine rings is 1. The van der Waals surface area contributed by atoms with Crippen molar-refractivity contribution in [1.29, 1.82) is 0 Å². The topological polar surface area (TPSA) is 108 Å². The minimum absolute atomic E-state index is 0.0761. The second-order valence-corrected chi connectivity index (χ2v) is 12.0. The summed E-state index contributed by atoms with van der Waals surface area (Å²) in [6.07, 6.45) is 8.55. The lowest BCUT2D eigenvalue weighted by molar-refractivity contribution is -0.134. The van der Waals surface area contributed by atoms with Crippen LogP contribution < -0.4 is 11.3 Å². The maximum atomic E-state index is 13.5. The number of ether oxygens (including phenoxy) is 1. The molecule has 0 aromatic carbocycles. The number of aryl methyl sites for hydroxylation is 1. The van der Waals surface area contributed by atoms with Crippen LogP contribution in [0.2, 0.25) is 0 Å². The third-order valence-corrected chi connectivity index (χ3v) is 9.93. The first-order valence-electron chi connectivity index (χ1n) is 12.7. The van der Waals surface area contributed by atoms with Crippen LogP contribution in [0.5, 0.6) is 0 Å². The van der Waals surface area contributed by atoms with Crippen molar-refractivity contribution in [2.24, 2.45) is 36.0 Å². The highest BCUT2D eigenvalue weighted by Gasteiger charge is 2.55. The normalized spacial score (nSPS) is 33.6. The Labute approximate surface area is 208 Å². The number of aromatic nitrogens is 2.